The summed E-state index contributed by atoms with van der Waals surface area (Å²) in [6.45, 7) is 8.23. The van der Waals surface area contributed by atoms with Gasteiger partial charge in [0.1, 0.15) is 0 Å². The summed E-state index contributed by atoms with van der Waals surface area (Å²) in [6, 6.07) is 0. The van der Waals surface area contributed by atoms with Crippen molar-refractivity contribution in [2.45, 2.75) is 65.7 Å². The van der Waals surface area contributed by atoms with Crippen LogP contribution in [0, 0.1) is 5.41 Å². The van der Waals surface area contributed by atoms with Crippen LogP contribution >= 0.6 is 0 Å². The molecule has 0 aliphatic carbocycles. The molecule has 1 saturated heterocycles. The van der Waals surface area contributed by atoms with E-state index in [1.165, 1.54) is 0 Å². The lowest BCUT2D eigenvalue weighted by Gasteiger charge is -2.37. The van der Waals surface area contributed by atoms with Gasteiger partial charge in [-0.3, -0.25) is 14.4 Å². The van der Waals surface area contributed by atoms with E-state index in [1.807, 2.05) is 4.90 Å². The molecule has 0 saturated carbocycles. The molecule has 0 bridgehead atoms. The zero-order valence-corrected chi connectivity index (χ0v) is 15.3. The number of likely N-dealkylation sites (tertiary alicyclic amines) is 1. The van der Waals surface area contributed by atoms with Gasteiger partial charge in [0.2, 0.25) is 11.8 Å². The van der Waals surface area contributed by atoms with Crippen molar-refractivity contribution in [2.24, 2.45) is 5.41 Å². The van der Waals surface area contributed by atoms with Gasteiger partial charge in [0.05, 0.1) is 5.41 Å². The molecule has 138 valence electrons. The minimum absolute atomic E-state index is 0.0347. The molecule has 6 heteroatoms. The highest BCUT2D eigenvalue weighted by Gasteiger charge is 2.39. The summed E-state index contributed by atoms with van der Waals surface area (Å²) in [5, 5.41) is 9.32. The van der Waals surface area contributed by atoms with Gasteiger partial charge >= 0.3 is 5.97 Å². The maximum atomic E-state index is 12.3. The first-order valence-corrected chi connectivity index (χ1v) is 9.13. The summed E-state index contributed by atoms with van der Waals surface area (Å²) >= 11 is 0. The Balaban J connectivity index is 2.43. The Morgan fingerprint density at radius 1 is 1.12 bits per heavy atom. The van der Waals surface area contributed by atoms with Gasteiger partial charge in [-0.1, -0.05) is 13.8 Å². The molecule has 0 aromatic rings. The van der Waals surface area contributed by atoms with Gasteiger partial charge in [0.25, 0.3) is 0 Å². The predicted octanol–water partition coefficient (Wildman–Crippen LogP) is 2.52. The van der Waals surface area contributed by atoms with Gasteiger partial charge in [-0.25, -0.2) is 0 Å². The fraction of sp³-hybridized carbons (Fsp3) is 0.833. The Morgan fingerprint density at radius 2 is 1.75 bits per heavy atom. The second-order valence-electron chi connectivity index (χ2n) is 7.02. The normalized spacial score (nSPS) is 20.7. The first kappa shape index (κ1) is 20.5. The van der Waals surface area contributed by atoms with Crippen LogP contribution in [-0.4, -0.2) is 58.9 Å². The second kappa shape index (κ2) is 9.64. The van der Waals surface area contributed by atoms with Crippen molar-refractivity contribution >= 4 is 17.8 Å². The topological polar surface area (TPSA) is 77.9 Å². The number of carboxylic acid groups (broad SMARTS) is 1. The van der Waals surface area contributed by atoms with Crippen LogP contribution in [0.15, 0.2) is 0 Å². The lowest BCUT2D eigenvalue weighted by atomic mass is 9.82. The van der Waals surface area contributed by atoms with Crippen molar-refractivity contribution in [3.05, 3.63) is 0 Å². The molecule has 24 heavy (non-hydrogen) atoms. The molecule has 6 nitrogen and oxygen atoms in total. The summed E-state index contributed by atoms with van der Waals surface area (Å²) in [5.74, 6) is -0.766. The number of nitrogens with zero attached hydrogens (tertiary/aromatic N) is 2. The molecule has 1 unspecified atom stereocenters. The van der Waals surface area contributed by atoms with Crippen LogP contribution in [-0.2, 0) is 14.4 Å². The van der Waals surface area contributed by atoms with Gasteiger partial charge in [-0.05, 0) is 39.0 Å². The van der Waals surface area contributed by atoms with Crippen LogP contribution in [0.4, 0.5) is 0 Å². The summed E-state index contributed by atoms with van der Waals surface area (Å²) < 4.78 is 0. The molecular formula is C18H32N2O4. The third kappa shape index (κ3) is 5.80. The lowest BCUT2D eigenvalue weighted by molar-refractivity contribution is -0.153. The minimum Gasteiger partial charge on any atom is -0.481 e. The van der Waals surface area contributed by atoms with E-state index in [4.69, 9.17) is 0 Å². The number of aliphatic carboxylic acids is 1. The van der Waals surface area contributed by atoms with Crippen molar-refractivity contribution in [3.8, 4) is 0 Å². The highest BCUT2D eigenvalue weighted by Crippen LogP contribution is 2.30. The van der Waals surface area contributed by atoms with E-state index < -0.39 is 11.4 Å². The largest absolute Gasteiger partial charge is 0.481 e. The Labute approximate surface area is 145 Å². The Morgan fingerprint density at radius 3 is 2.29 bits per heavy atom. The zero-order chi connectivity index (χ0) is 18.2. The monoisotopic (exact) mass is 340 g/mol. The highest BCUT2D eigenvalue weighted by atomic mass is 16.4. The van der Waals surface area contributed by atoms with Gasteiger partial charge in [0, 0.05) is 39.0 Å². The predicted molar refractivity (Wildman–Crippen MR) is 92.6 cm³/mol. The SMILES string of the molecule is CCCN(CCC)C(=O)CCCC(=O)N1CCCC(C)(C(=O)O)C1. The van der Waals surface area contributed by atoms with E-state index in [-0.39, 0.29) is 18.4 Å². The molecule has 0 radical (unpaired) electrons. The number of hydrogen-bond acceptors (Lipinski definition) is 3. The molecular weight excluding hydrogens is 308 g/mol. The van der Waals surface area contributed by atoms with Crippen LogP contribution < -0.4 is 0 Å². The number of carbonyl (C=O) groups excluding carboxylic acids is 2. The van der Waals surface area contributed by atoms with Crippen molar-refractivity contribution in [1.29, 1.82) is 0 Å². The fourth-order valence-electron chi connectivity index (χ4n) is 3.23. The smallest absolute Gasteiger partial charge is 0.311 e. The van der Waals surface area contributed by atoms with Crippen molar-refractivity contribution in [2.75, 3.05) is 26.2 Å². The molecule has 0 spiro atoms. The quantitative estimate of drug-likeness (QED) is 0.699. The van der Waals surface area contributed by atoms with Gasteiger partial charge in [0.15, 0.2) is 0 Å². The average Bonchev–Trinajstić information content (AvgIpc) is 2.54. The molecule has 1 N–H and O–H groups in total. The maximum absolute atomic E-state index is 12.3. The van der Waals surface area contributed by atoms with Crippen molar-refractivity contribution in [1.82, 2.24) is 9.80 Å². The van der Waals surface area contributed by atoms with Crippen molar-refractivity contribution < 1.29 is 19.5 Å². The molecule has 1 atom stereocenters. The molecule has 1 aliphatic rings. The molecule has 1 fully saturated rings. The Bertz CT molecular complexity index is 446. The first-order chi connectivity index (χ1) is 11.3. The minimum atomic E-state index is -0.844. The van der Waals surface area contributed by atoms with E-state index in [0.29, 0.717) is 38.6 Å². The summed E-state index contributed by atoms with van der Waals surface area (Å²) in [6.07, 6.45) is 4.42. The molecule has 0 aromatic carbocycles. The van der Waals surface area contributed by atoms with Gasteiger partial charge in [-0.15, -0.1) is 0 Å². The van der Waals surface area contributed by atoms with E-state index in [2.05, 4.69) is 13.8 Å². The van der Waals surface area contributed by atoms with Crippen LogP contribution in [0.2, 0.25) is 0 Å². The zero-order valence-electron chi connectivity index (χ0n) is 15.3. The Kier molecular flexibility index (Phi) is 8.22. The number of carboxylic acids is 1. The Hall–Kier alpha value is -1.59. The van der Waals surface area contributed by atoms with Gasteiger partial charge < -0.3 is 14.9 Å². The average molecular weight is 340 g/mol. The lowest BCUT2D eigenvalue weighted by Crippen LogP contribution is -2.48. The standard InChI is InChI=1S/C18H32N2O4/c1-4-11-19(12-5-2)15(21)8-6-9-16(22)20-13-7-10-18(3,14-20)17(23)24/h4-14H2,1-3H3,(H,23,24). The number of carbonyl (C=O) groups is 3. The van der Waals surface area contributed by atoms with Crippen LogP contribution in [0.25, 0.3) is 0 Å². The van der Waals surface area contributed by atoms with Crippen molar-refractivity contribution in [3.63, 3.8) is 0 Å². The first-order valence-electron chi connectivity index (χ1n) is 9.13. The van der Waals surface area contributed by atoms with E-state index in [1.54, 1.807) is 11.8 Å². The third-order valence-corrected chi connectivity index (χ3v) is 4.69. The molecule has 2 amide bonds. The van der Waals surface area contributed by atoms with Crippen LogP contribution in [0.1, 0.15) is 65.7 Å². The summed E-state index contributed by atoms with van der Waals surface area (Å²) in [4.78, 5) is 39.4. The number of amides is 2. The highest BCUT2D eigenvalue weighted by molar-refractivity contribution is 5.80. The number of piperidine rings is 1. The number of rotatable bonds is 9. The maximum Gasteiger partial charge on any atom is 0.311 e. The van der Waals surface area contributed by atoms with E-state index in [9.17, 15) is 19.5 Å². The summed E-state index contributed by atoms with van der Waals surface area (Å²) in [7, 11) is 0. The molecule has 1 heterocycles. The second-order valence-corrected chi connectivity index (χ2v) is 7.02. The fourth-order valence-corrected chi connectivity index (χ4v) is 3.23. The third-order valence-electron chi connectivity index (χ3n) is 4.69. The van der Waals surface area contributed by atoms with Crippen LogP contribution in [0.5, 0.6) is 0 Å². The van der Waals surface area contributed by atoms with Gasteiger partial charge in [-0.2, -0.15) is 0 Å². The van der Waals surface area contributed by atoms with E-state index in [0.717, 1.165) is 25.9 Å². The van der Waals surface area contributed by atoms with E-state index >= 15 is 0 Å². The molecule has 1 rings (SSSR count). The number of hydrogen-bond donors (Lipinski definition) is 1. The van der Waals surface area contributed by atoms with Crippen LogP contribution in [0.3, 0.4) is 0 Å². The molecule has 0 aromatic heterocycles. The summed E-state index contributed by atoms with van der Waals surface area (Å²) in [5.41, 5.74) is -0.844. The molecule has 1 aliphatic heterocycles.